The van der Waals surface area contributed by atoms with Crippen molar-refractivity contribution in [3.63, 3.8) is 0 Å². The van der Waals surface area contributed by atoms with E-state index in [1.54, 1.807) is 0 Å². The highest BCUT2D eigenvalue weighted by Crippen LogP contribution is 2.28. The minimum atomic E-state index is 0.522. The minimum absolute atomic E-state index is 0.522. The van der Waals surface area contributed by atoms with Crippen LogP contribution in [0.4, 0.5) is 0 Å². The third kappa shape index (κ3) is 2.96. The molecule has 0 unspecified atom stereocenters. The fourth-order valence-electron chi connectivity index (χ4n) is 2.46. The van der Waals surface area contributed by atoms with E-state index in [0.717, 1.165) is 38.2 Å². The van der Waals surface area contributed by atoms with Crippen molar-refractivity contribution in [2.75, 3.05) is 26.2 Å². The molecule has 1 aliphatic heterocycles. The monoisotopic (exact) mass is 275 g/mol. The van der Waals surface area contributed by atoms with E-state index in [-0.39, 0.29) is 0 Å². The molecule has 102 valence electrons. The third-order valence-corrected chi connectivity index (χ3v) is 4.90. The second-order valence-corrected chi connectivity index (χ2v) is 6.60. The molecular weight excluding hydrogens is 254 g/mol. The first-order chi connectivity index (χ1) is 9.22. The van der Waals surface area contributed by atoms with Crippen molar-refractivity contribution >= 4 is 21.6 Å². The Morgan fingerprint density at radius 2 is 2.11 bits per heavy atom. The van der Waals surface area contributed by atoms with Crippen molar-refractivity contribution in [2.24, 2.45) is 0 Å². The lowest BCUT2D eigenvalue weighted by molar-refractivity contribution is 0.233. The van der Waals surface area contributed by atoms with Crippen molar-refractivity contribution in [2.45, 2.75) is 26.3 Å². The molecule has 0 saturated carbocycles. The zero-order chi connectivity index (χ0) is 13.2. The molecular formula is C15H21N3S. The Balaban J connectivity index is 1.80. The topological polar surface area (TPSA) is 28.2 Å². The molecule has 1 aliphatic rings. The van der Waals surface area contributed by atoms with Gasteiger partial charge in [-0.05, 0) is 17.7 Å². The fraction of sp³-hybridized carbons (Fsp3) is 0.533. The molecule has 1 aromatic carbocycles. The van der Waals surface area contributed by atoms with E-state index < -0.39 is 0 Å². The molecule has 1 aromatic heterocycles. The smallest absolute Gasteiger partial charge is 0.0963 e. The van der Waals surface area contributed by atoms with Crippen LogP contribution in [-0.2, 0) is 6.54 Å². The third-order valence-electron chi connectivity index (χ3n) is 3.58. The molecule has 0 atom stereocenters. The summed E-state index contributed by atoms with van der Waals surface area (Å²) in [6.07, 6.45) is 0. The van der Waals surface area contributed by atoms with Crippen LogP contribution in [0.1, 0.15) is 30.3 Å². The van der Waals surface area contributed by atoms with Gasteiger partial charge >= 0.3 is 0 Å². The molecule has 0 amide bonds. The predicted molar refractivity (Wildman–Crippen MR) is 81.9 cm³/mol. The second kappa shape index (κ2) is 5.57. The molecule has 0 radical (unpaired) electrons. The summed E-state index contributed by atoms with van der Waals surface area (Å²) >= 11 is 1.84. The summed E-state index contributed by atoms with van der Waals surface area (Å²) in [4.78, 5) is 7.21. The molecule has 1 fully saturated rings. The van der Waals surface area contributed by atoms with Gasteiger partial charge in [0.05, 0.1) is 15.2 Å². The van der Waals surface area contributed by atoms with Crippen molar-refractivity contribution in [1.82, 2.24) is 15.2 Å². The number of benzene rings is 1. The van der Waals surface area contributed by atoms with Gasteiger partial charge in [-0.25, -0.2) is 4.98 Å². The van der Waals surface area contributed by atoms with Crippen molar-refractivity contribution < 1.29 is 0 Å². The van der Waals surface area contributed by atoms with E-state index in [2.05, 4.69) is 42.3 Å². The Hall–Kier alpha value is -0.970. The summed E-state index contributed by atoms with van der Waals surface area (Å²) in [6.45, 7) is 10.0. The fourth-order valence-corrected chi connectivity index (χ4v) is 3.49. The Morgan fingerprint density at radius 1 is 1.32 bits per heavy atom. The summed E-state index contributed by atoms with van der Waals surface area (Å²) in [5.74, 6) is 0.522. The zero-order valence-corrected chi connectivity index (χ0v) is 12.5. The number of rotatable bonds is 3. The number of thiazole rings is 1. The molecule has 0 aliphatic carbocycles. The number of nitrogens with one attached hydrogen (secondary N) is 1. The Kier molecular flexibility index (Phi) is 3.82. The van der Waals surface area contributed by atoms with Gasteiger partial charge in [0.1, 0.15) is 0 Å². The first kappa shape index (κ1) is 13.0. The summed E-state index contributed by atoms with van der Waals surface area (Å²) in [6, 6.07) is 6.73. The standard InChI is InChI=1S/C15H21N3S/c1-11(2)15-17-13-4-3-12(9-14(13)19-15)10-18-7-5-16-6-8-18/h3-4,9,11,16H,5-8,10H2,1-2H3. The van der Waals surface area contributed by atoms with Crippen LogP contribution in [0.5, 0.6) is 0 Å². The summed E-state index contributed by atoms with van der Waals surface area (Å²) in [5, 5.41) is 4.64. The van der Waals surface area contributed by atoms with E-state index in [1.165, 1.54) is 15.3 Å². The molecule has 2 heterocycles. The SMILES string of the molecule is CC(C)c1nc2ccc(CN3CCNCC3)cc2s1. The highest BCUT2D eigenvalue weighted by Gasteiger charge is 2.11. The average Bonchev–Trinajstić information content (AvgIpc) is 2.83. The Labute approximate surface area is 118 Å². The molecule has 1 saturated heterocycles. The quantitative estimate of drug-likeness (QED) is 0.933. The van der Waals surface area contributed by atoms with Gasteiger partial charge in [-0.15, -0.1) is 11.3 Å². The van der Waals surface area contributed by atoms with Crippen LogP contribution in [0, 0.1) is 0 Å². The van der Waals surface area contributed by atoms with Crippen LogP contribution in [-0.4, -0.2) is 36.1 Å². The van der Waals surface area contributed by atoms with Crippen LogP contribution in [0.15, 0.2) is 18.2 Å². The van der Waals surface area contributed by atoms with E-state index in [0.29, 0.717) is 5.92 Å². The zero-order valence-electron chi connectivity index (χ0n) is 11.6. The van der Waals surface area contributed by atoms with Gasteiger partial charge in [-0.1, -0.05) is 19.9 Å². The molecule has 4 heteroatoms. The van der Waals surface area contributed by atoms with Crippen molar-refractivity contribution in [3.8, 4) is 0 Å². The van der Waals surface area contributed by atoms with E-state index in [4.69, 9.17) is 4.98 Å². The van der Waals surface area contributed by atoms with Gasteiger partial charge in [0.25, 0.3) is 0 Å². The van der Waals surface area contributed by atoms with Crippen LogP contribution >= 0.6 is 11.3 Å². The van der Waals surface area contributed by atoms with E-state index >= 15 is 0 Å². The number of piperazine rings is 1. The number of nitrogens with zero attached hydrogens (tertiary/aromatic N) is 2. The number of fused-ring (bicyclic) bond motifs is 1. The van der Waals surface area contributed by atoms with Crippen LogP contribution in [0.25, 0.3) is 10.2 Å². The van der Waals surface area contributed by atoms with Gasteiger partial charge < -0.3 is 5.32 Å². The highest BCUT2D eigenvalue weighted by molar-refractivity contribution is 7.18. The number of hydrogen-bond acceptors (Lipinski definition) is 4. The molecule has 0 bridgehead atoms. The largest absolute Gasteiger partial charge is 0.314 e. The van der Waals surface area contributed by atoms with Crippen molar-refractivity contribution in [1.29, 1.82) is 0 Å². The van der Waals surface area contributed by atoms with E-state index in [1.807, 2.05) is 11.3 Å². The molecule has 1 N–H and O–H groups in total. The van der Waals surface area contributed by atoms with Gasteiger partial charge in [-0.2, -0.15) is 0 Å². The molecule has 19 heavy (non-hydrogen) atoms. The highest BCUT2D eigenvalue weighted by atomic mass is 32.1. The minimum Gasteiger partial charge on any atom is -0.314 e. The molecule has 3 rings (SSSR count). The Morgan fingerprint density at radius 3 is 2.84 bits per heavy atom. The summed E-state index contributed by atoms with van der Waals surface area (Å²) in [5.41, 5.74) is 2.56. The molecule has 3 nitrogen and oxygen atoms in total. The maximum atomic E-state index is 4.70. The predicted octanol–water partition coefficient (Wildman–Crippen LogP) is 2.82. The van der Waals surface area contributed by atoms with Crippen LogP contribution in [0.3, 0.4) is 0 Å². The number of hydrogen-bond donors (Lipinski definition) is 1. The van der Waals surface area contributed by atoms with Crippen molar-refractivity contribution in [3.05, 3.63) is 28.8 Å². The lowest BCUT2D eigenvalue weighted by Crippen LogP contribution is -2.42. The Bertz CT molecular complexity index is 556. The maximum absolute atomic E-state index is 4.70. The maximum Gasteiger partial charge on any atom is 0.0963 e. The number of aromatic nitrogens is 1. The average molecular weight is 275 g/mol. The van der Waals surface area contributed by atoms with Gasteiger partial charge in [0.15, 0.2) is 0 Å². The normalized spacial score (nSPS) is 17.4. The summed E-state index contributed by atoms with van der Waals surface area (Å²) in [7, 11) is 0. The van der Waals surface area contributed by atoms with Crippen LogP contribution in [0.2, 0.25) is 0 Å². The molecule has 2 aromatic rings. The van der Waals surface area contributed by atoms with Crippen LogP contribution < -0.4 is 5.32 Å². The van der Waals surface area contributed by atoms with Gasteiger partial charge in [0, 0.05) is 38.6 Å². The first-order valence-electron chi connectivity index (χ1n) is 7.05. The first-order valence-corrected chi connectivity index (χ1v) is 7.86. The summed E-state index contributed by atoms with van der Waals surface area (Å²) < 4.78 is 1.33. The second-order valence-electron chi connectivity index (χ2n) is 5.54. The lowest BCUT2D eigenvalue weighted by Gasteiger charge is -2.27. The van der Waals surface area contributed by atoms with E-state index in [9.17, 15) is 0 Å². The van der Waals surface area contributed by atoms with Gasteiger partial charge in [0.2, 0.25) is 0 Å². The lowest BCUT2D eigenvalue weighted by atomic mass is 10.2. The molecule has 0 spiro atoms. The van der Waals surface area contributed by atoms with Gasteiger partial charge in [-0.3, -0.25) is 4.90 Å².